The van der Waals surface area contributed by atoms with Crippen LogP contribution in [0, 0.1) is 0 Å². The Morgan fingerprint density at radius 1 is 0.806 bits per heavy atom. The van der Waals surface area contributed by atoms with E-state index in [0.29, 0.717) is 17.5 Å². The third-order valence-corrected chi connectivity index (χ3v) is 5.48. The van der Waals surface area contributed by atoms with Crippen molar-refractivity contribution >= 4 is 5.78 Å². The van der Waals surface area contributed by atoms with Gasteiger partial charge in [-0.25, -0.2) is 0 Å². The van der Waals surface area contributed by atoms with E-state index in [1.807, 2.05) is 54.6 Å². The molecule has 0 aliphatic rings. The number of aromatic hydroxyl groups is 1. The standard InChI is InChI=1S/C28H32O3/c1-2-3-4-5-6-10-20-31-25-18-16-22(17-19-25)21-24-14-11-15-26(28(24)30)27(29)23-12-8-7-9-13-23/h7-9,11-19,30H,2-6,10,20-21H2,1H3. The quantitative estimate of drug-likeness (QED) is 0.257. The SMILES string of the molecule is CCCCCCCCOc1ccc(Cc2cccc(C(=O)c3ccccc3)c2O)cc1. The molecule has 31 heavy (non-hydrogen) atoms. The lowest BCUT2D eigenvalue weighted by atomic mass is 9.97. The minimum atomic E-state index is -0.168. The van der Waals surface area contributed by atoms with Crippen molar-refractivity contribution in [2.45, 2.75) is 51.9 Å². The molecule has 0 radical (unpaired) electrons. The summed E-state index contributed by atoms with van der Waals surface area (Å²) in [7, 11) is 0. The maximum Gasteiger partial charge on any atom is 0.196 e. The van der Waals surface area contributed by atoms with Crippen molar-refractivity contribution in [1.82, 2.24) is 0 Å². The molecule has 0 amide bonds. The van der Waals surface area contributed by atoms with E-state index in [1.54, 1.807) is 18.2 Å². The van der Waals surface area contributed by atoms with Gasteiger partial charge in [-0.15, -0.1) is 0 Å². The van der Waals surface area contributed by atoms with E-state index in [2.05, 4.69) is 6.92 Å². The predicted octanol–water partition coefficient (Wildman–Crippen LogP) is 6.95. The van der Waals surface area contributed by atoms with Crippen molar-refractivity contribution in [3.63, 3.8) is 0 Å². The Balaban J connectivity index is 1.56. The van der Waals surface area contributed by atoms with Crippen LogP contribution >= 0.6 is 0 Å². The molecule has 0 saturated carbocycles. The number of rotatable bonds is 12. The van der Waals surface area contributed by atoms with Crippen LogP contribution < -0.4 is 4.74 Å². The summed E-state index contributed by atoms with van der Waals surface area (Å²) in [5, 5.41) is 10.7. The van der Waals surface area contributed by atoms with E-state index in [-0.39, 0.29) is 11.5 Å². The molecule has 0 spiro atoms. The third kappa shape index (κ3) is 6.71. The molecule has 3 aromatic rings. The van der Waals surface area contributed by atoms with Crippen molar-refractivity contribution in [1.29, 1.82) is 0 Å². The van der Waals surface area contributed by atoms with Crippen LogP contribution in [0.15, 0.2) is 72.8 Å². The molecule has 0 heterocycles. The predicted molar refractivity (Wildman–Crippen MR) is 126 cm³/mol. The summed E-state index contributed by atoms with van der Waals surface area (Å²) >= 11 is 0. The summed E-state index contributed by atoms with van der Waals surface area (Å²) < 4.78 is 5.85. The van der Waals surface area contributed by atoms with Crippen LogP contribution in [0.25, 0.3) is 0 Å². The molecule has 0 aliphatic heterocycles. The van der Waals surface area contributed by atoms with Gasteiger partial charge in [0.1, 0.15) is 11.5 Å². The van der Waals surface area contributed by atoms with Gasteiger partial charge in [-0.2, -0.15) is 0 Å². The van der Waals surface area contributed by atoms with Crippen LogP contribution in [0.5, 0.6) is 11.5 Å². The molecule has 162 valence electrons. The van der Waals surface area contributed by atoms with Gasteiger partial charge >= 0.3 is 0 Å². The molecule has 0 unspecified atom stereocenters. The Bertz CT molecular complexity index is 946. The first kappa shape index (κ1) is 22.6. The number of carbonyl (C=O) groups is 1. The Hall–Kier alpha value is -3.07. The Morgan fingerprint density at radius 2 is 1.52 bits per heavy atom. The van der Waals surface area contributed by atoms with Gasteiger partial charge in [0.25, 0.3) is 0 Å². The molecule has 0 saturated heterocycles. The fourth-order valence-electron chi connectivity index (χ4n) is 3.66. The Kier molecular flexibility index (Phi) is 8.71. The first-order valence-electron chi connectivity index (χ1n) is 11.3. The molecule has 0 aliphatic carbocycles. The lowest BCUT2D eigenvalue weighted by Gasteiger charge is -2.11. The lowest BCUT2D eigenvalue weighted by molar-refractivity contribution is 0.103. The number of phenols is 1. The van der Waals surface area contributed by atoms with E-state index < -0.39 is 0 Å². The highest BCUT2D eigenvalue weighted by molar-refractivity contribution is 6.10. The molecule has 0 atom stereocenters. The van der Waals surface area contributed by atoms with E-state index in [9.17, 15) is 9.90 Å². The first-order chi connectivity index (χ1) is 15.2. The van der Waals surface area contributed by atoms with Crippen molar-refractivity contribution < 1.29 is 14.6 Å². The first-order valence-corrected chi connectivity index (χ1v) is 11.3. The van der Waals surface area contributed by atoms with Gasteiger partial charge in [-0.3, -0.25) is 4.79 Å². The van der Waals surface area contributed by atoms with Crippen LogP contribution in [-0.4, -0.2) is 17.5 Å². The number of para-hydroxylation sites is 1. The van der Waals surface area contributed by atoms with Gasteiger partial charge in [0, 0.05) is 12.0 Å². The molecule has 3 heteroatoms. The maximum absolute atomic E-state index is 12.7. The number of unbranched alkanes of at least 4 members (excludes halogenated alkanes) is 5. The fraction of sp³-hybridized carbons (Fsp3) is 0.321. The Morgan fingerprint density at radius 3 is 2.26 bits per heavy atom. The van der Waals surface area contributed by atoms with Gasteiger partial charge in [0.15, 0.2) is 5.78 Å². The number of hydrogen-bond donors (Lipinski definition) is 1. The number of ether oxygens (including phenoxy) is 1. The van der Waals surface area contributed by atoms with Gasteiger partial charge < -0.3 is 9.84 Å². The molecule has 0 aromatic heterocycles. The summed E-state index contributed by atoms with van der Waals surface area (Å²) in [6.07, 6.45) is 8.05. The molecular weight excluding hydrogens is 384 g/mol. The van der Waals surface area contributed by atoms with Gasteiger partial charge in [-0.1, -0.05) is 93.6 Å². The largest absolute Gasteiger partial charge is 0.507 e. The van der Waals surface area contributed by atoms with E-state index in [1.165, 1.54) is 32.1 Å². The molecule has 0 fully saturated rings. The molecule has 3 nitrogen and oxygen atoms in total. The number of phenolic OH excluding ortho intramolecular Hbond substituents is 1. The maximum atomic E-state index is 12.7. The van der Waals surface area contributed by atoms with Gasteiger partial charge in [0.2, 0.25) is 0 Å². The zero-order valence-corrected chi connectivity index (χ0v) is 18.3. The highest BCUT2D eigenvalue weighted by Crippen LogP contribution is 2.27. The molecular formula is C28H32O3. The summed E-state index contributed by atoms with van der Waals surface area (Å²) in [6, 6.07) is 22.4. The van der Waals surface area contributed by atoms with E-state index >= 15 is 0 Å². The second-order valence-corrected chi connectivity index (χ2v) is 7.95. The van der Waals surface area contributed by atoms with Crippen LogP contribution in [0.1, 0.15) is 72.5 Å². The molecule has 0 bridgehead atoms. The number of ketones is 1. The number of hydrogen-bond acceptors (Lipinski definition) is 3. The Labute approximate surface area is 185 Å². The zero-order chi connectivity index (χ0) is 21.9. The number of carbonyl (C=O) groups excluding carboxylic acids is 1. The molecule has 3 aromatic carbocycles. The second kappa shape index (κ2) is 11.9. The van der Waals surface area contributed by atoms with Crippen molar-refractivity contribution in [3.05, 3.63) is 95.1 Å². The lowest BCUT2D eigenvalue weighted by Crippen LogP contribution is -2.03. The van der Waals surface area contributed by atoms with Crippen LogP contribution in [0.4, 0.5) is 0 Å². The summed E-state index contributed by atoms with van der Waals surface area (Å²) in [6.45, 7) is 2.98. The van der Waals surface area contributed by atoms with E-state index in [4.69, 9.17) is 4.74 Å². The average Bonchev–Trinajstić information content (AvgIpc) is 2.81. The van der Waals surface area contributed by atoms with Crippen molar-refractivity contribution in [3.8, 4) is 11.5 Å². The van der Waals surface area contributed by atoms with E-state index in [0.717, 1.165) is 29.9 Å². The van der Waals surface area contributed by atoms with Crippen molar-refractivity contribution in [2.24, 2.45) is 0 Å². The second-order valence-electron chi connectivity index (χ2n) is 7.95. The highest BCUT2D eigenvalue weighted by Gasteiger charge is 2.16. The minimum Gasteiger partial charge on any atom is -0.507 e. The normalized spacial score (nSPS) is 10.7. The molecule has 1 N–H and O–H groups in total. The fourth-order valence-corrected chi connectivity index (χ4v) is 3.66. The monoisotopic (exact) mass is 416 g/mol. The summed E-state index contributed by atoms with van der Waals surface area (Å²) in [5.74, 6) is 0.757. The van der Waals surface area contributed by atoms with Gasteiger partial charge in [-0.05, 0) is 35.7 Å². The van der Waals surface area contributed by atoms with Crippen LogP contribution in [-0.2, 0) is 6.42 Å². The topological polar surface area (TPSA) is 46.5 Å². The molecule has 3 rings (SSSR count). The highest BCUT2D eigenvalue weighted by atomic mass is 16.5. The smallest absolute Gasteiger partial charge is 0.196 e. The van der Waals surface area contributed by atoms with Gasteiger partial charge in [0.05, 0.1) is 12.2 Å². The van der Waals surface area contributed by atoms with Crippen LogP contribution in [0.2, 0.25) is 0 Å². The number of benzene rings is 3. The summed E-state index contributed by atoms with van der Waals surface area (Å²) in [4.78, 5) is 12.7. The zero-order valence-electron chi connectivity index (χ0n) is 18.3. The third-order valence-electron chi connectivity index (χ3n) is 5.48. The van der Waals surface area contributed by atoms with Crippen molar-refractivity contribution in [2.75, 3.05) is 6.61 Å². The minimum absolute atomic E-state index is 0.0553. The van der Waals surface area contributed by atoms with Crippen LogP contribution in [0.3, 0.4) is 0 Å². The average molecular weight is 417 g/mol. The summed E-state index contributed by atoms with van der Waals surface area (Å²) in [5.41, 5.74) is 2.71.